The lowest BCUT2D eigenvalue weighted by molar-refractivity contribution is -0.165. The van der Waals surface area contributed by atoms with E-state index in [1.807, 2.05) is 30.2 Å². The second kappa shape index (κ2) is 5.47. The van der Waals surface area contributed by atoms with Crippen molar-refractivity contribution < 1.29 is 14.6 Å². The van der Waals surface area contributed by atoms with Gasteiger partial charge in [-0.15, -0.1) is 0 Å². The maximum absolute atomic E-state index is 10.8. The van der Waals surface area contributed by atoms with Gasteiger partial charge in [0.15, 0.2) is 6.29 Å². The van der Waals surface area contributed by atoms with Crippen LogP contribution in [0, 0.1) is 0 Å². The monoisotopic (exact) mass is 305 g/mol. The van der Waals surface area contributed by atoms with E-state index >= 15 is 0 Å². The Hall–Kier alpha value is -1.74. The number of hydrogen-bond acceptors (Lipinski definition) is 6. The highest BCUT2D eigenvalue weighted by Gasteiger charge is 2.50. The van der Waals surface area contributed by atoms with Crippen molar-refractivity contribution in [3.05, 3.63) is 36.7 Å². The zero-order chi connectivity index (χ0) is 15.1. The van der Waals surface area contributed by atoms with Gasteiger partial charge in [-0.3, -0.25) is 4.68 Å². The lowest BCUT2D eigenvalue weighted by Crippen LogP contribution is -2.57. The molecule has 2 aliphatic heterocycles. The van der Waals surface area contributed by atoms with Crippen LogP contribution < -0.4 is 5.32 Å². The van der Waals surface area contributed by atoms with Gasteiger partial charge in [-0.25, -0.2) is 4.98 Å². The Morgan fingerprint density at radius 2 is 2.41 bits per heavy atom. The molecule has 0 saturated carbocycles. The fourth-order valence-corrected chi connectivity index (χ4v) is 3.22. The van der Waals surface area contributed by atoms with Crippen molar-refractivity contribution in [2.45, 2.75) is 37.1 Å². The van der Waals surface area contributed by atoms with E-state index in [4.69, 9.17) is 9.47 Å². The Balaban J connectivity index is 1.51. The van der Waals surface area contributed by atoms with Crippen LogP contribution in [0.15, 0.2) is 31.1 Å². The summed E-state index contributed by atoms with van der Waals surface area (Å²) in [5, 5.41) is 18.3. The van der Waals surface area contributed by atoms with Gasteiger partial charge in [0, 0.05) is 37.7 Å². The molecule has 118 valence electrons. The van der Waals surface area contributed by atoms with Crippen LogP contribution in [-0.4, -0.2) is 55.6 Å². The Morgan fingerprint density at radius 3 is 3.14 bits per heavy atom. The number of nitrogens with zero attached hydrogens (tertiary/aromatic N) is 4. The van der Waals surface area contributed by atoms with E-state index in [0.29, 0.717) is 13.2 Å². The minimum absolute atomic E-state index is 0.142. The molecule has 2 aromatic heterocycles. The normalized spacial score (nSPS) is 34.2. The van der Waals surface area contributed by atoms with Crippen LogP contribution in [0.25, 0.3) is 0 Å². The van der Waals surface area contributed by atoms with Crippen LogP contribution in [0.4, 0.5) is 0 Å². The summed E-state index contributed by atoms with van der Waals surface area (Å²) in [6, 6.07) is -0.501. The quantitative estimate of drug-likeness (QED) is 0.787. The van der Waals surface area contributed by atoms with E-state index in [1.54, 1.807) is 17.2 Å². The minimum atomic E-state index is -0.614. The van der Waals surface area contributed by atoms with Crippen molar-refractivity contribution in [3.63, 3.8) is 0 Å². The molecule has 2 aliphatic rings. The Kier molecular flexibility index (Phi) is 3.45. The van der Waals surface area contributed by atoms with E-state index < -0.39 is 12.4 Å². The molecule has 4 rings (SSSR count). The summed E-state index contributed by atoms with van der Waals surface area (Å²) in [7, 11) is 1.88. The molecule has 4 heterocycles. The van der Waals surface area contributed by atoms with Crippen molar-refractivity contribution >= 4 is 0 Å². The van der Waals surface area contributed by atoms with Gasteiger partial charge < -0.3 is 24.5 Å². The van der Waals surface area contributed by atoms with Crippen molar-refractivity contribution in [3.8, 4) is 0 Å². The fourth-order valence-electron chi connectivity index (χ4n) is 3.22. The van der Waals surface area contributed by atoms with Crippen molar-refractivity contribution in [1.29, 1.82) is 0 Å². The second-order valence-electron chi connectivity index (χ2n) is 5.80. The molecule has 2 bridgehead atoms. The van der Waals surface area contributed by atoms with Gasteiger partial charge in [-0.05, 0) is 0 Å². The second-order valence-corrected chi connectivity index (χ2v) is 5.80. The Bertz CT molecular complexity index is 628. The first-order chi connectivity index (χ1) is 10.7. The zero-order valence-electron chi connectivity index (χ0n) is 12.2. The number of rotatable bonds is 4. The number of aliphatic hydroxyl groups is 1. The summed E-state index contributed by atoms with van der Waals surface area (Å²) in [4.78, 5) is 4.04. The van der Waals surface area contributed by atoms with Crippen LogP contribution in [0.1, 0.15) is 11.6 Å². The van der Waals surface area contributed by atoms with Gasteiger partial charge in [0.05, 0.1) is 31.3 Å². The largest absolute Gasteiger partial charge is 0.389 e. The van der Waals surface area contributed by atoms with Crippen LogP contribution in [-0.2, 0) is 23.1 Å². The van der Waals surface area contributed by atoms with Crippen LogP contribution in [0.5, 0.6) is 0 Å². The van der Waals surface area contributed by atoms with E-state index in [-0.39, 0.29) is 18.2 Å². The number of aliphatic hydroxyl groups excluding tert-OH is 1. The summed E-state index contributed by atoms with van der Waals surface area (Å²) in [6.45, 7) is 1.11. The summed E-state index contributed by atoms with van der Waals surface area (Å²) in [5.41, 5.74) is 1.06. The molecule has 0 aromatic carbocycles. The van der Waals surface area contributed by atoms with Crippen molar-refractivity contribution in [1.82, 2.24) is 24.6 Å². The number of aromatic nitrogens is 4. The number of fused-ring (bicyclic) bond motifs is 2. The lowest BCUT2D eigenvalue weighted by atomic mass is 9.95. The molecule has 5 atom stereocenters. The third-order valence-electron chi connectivity index (χ3n) is 4.30. The molecule has 0 unspecified atom stereocenters. The van der Waals surface area contributed by atoms with Crippen molar-refractivity contribution in [2.75, 3.05) is 6.61 Å². The fraction of sp³-hybridized carbons (Fsp3) is 0.571. The number of ether oxygens (including phenoxy) is 2. The van der Waals surface area contributed by atoms with Crippen LogP contribution in [0.2, 0.25) is 0 Å². The molecule has 0 spiro atoms. The van der Waals surface area contributed by atoms with E-state index in [9.17, 15) is 5.11 Å². The standard InChI is InChI=1S/C14H19N5O3/c1-18-6-9(5-17-18)4-16-11-10-7-21-14(22-10)12(13(11)20)19-3-2-15-8-19/h2-3,5-6,8,10-14,16,20H,4,7H2,1H3/t10-,11-,12-,13+,14-/m1/s1. The molecule has 0 amide bonds. The van der Waals surface area contributed by atoms with Gasteiger partial charge in [0.2, 0.25) is 0 Å². The smallest absolute Gasteiger partial charge is 0.181 e. The third-order valence-corrected chi connectivity index (χ3v) is 4.30. The molecule has 8 heteroatoms. The molecule has 0 aliphatic carbocycles. The molecule has 22 heavy (non-hydrogen) atoms. The first-order valence-electron chi connectivity index (χ1n) is 7.36. The predicted octanol–water partition coefficient (Wildman–Crippen LogP) is -0.568. The SMILES string of the molecule is Cn1cc(CN[C@H]2[C@H](O)[C@@H](n3ccnc3)[C@@H]3OC[C@H]2O3)cn1. The maximum Gasteiger partial charge on any atom is 0.181 e. The molecule has 2 N–H and O–H groups in total. The van der Waals surface area contributed by atoms with E-state index in [2.05, 4.69) is 15.4 Å². The Morgan fingerprint density at radius 1 is 1.50 bits per heavy atom. The van der Waals surface area contributed by atoms with Gasteiger partial charge in [-0.2, -0.15) is 5.10 Å². The average molecular weight is 305 g/mol. The lowest BCUT2D eigenvalue weighted by Gasteiger charge is -2.39. The number of nitrogens with one attached hydrogen (secondary N) is 1. The molecule has 8 nitrogen and oxygen atoms in total. The molecule has 2 fully saturated rings. The summed E-state index contributed by atoms with van der Waals surface area (Å²) >= 11 is 0. The number of hydrogen-bond donors (Lipinski definition) is 2. The number of imidazole rings is 1. The van der Waals surface area contributed by atoms with Gasteiger partial charge in [-0.1, -0.05) is 0 Å². The first-order valence-corrected chi connectivity index (χ1v) is 7.36. The maximum atomic E-state index is 10.8. The average Bonchev–Trinajstić information content (AvgIpc) is 3.22. The van der Waals surface area contributed by atoms with Crippen molar-refractivity contribution in [2.24, 2.45) is 7.05 Å². The molecular formula is C14H19N5O3. The van der Waals surface area contributed by atoms with Gasteiger partial charge in [0.1, 0.15) is 12.1 Å². The zero-order valence-corrected chi connectivity index (χ0v) is 12.2. The van der Waals surface area contributed by atoms with Gasteiger partial charge >= 0.3 is 0 Å². The summed E-state index contributed by atoms with van der Waals surface area (Å²) in [6.07, 6.45) is 7.76. The molecular weight excluding hydrogens is 286 g/mol. The highest BCUT2D eigenvalue weighted by atomic mass is 16.7. The summed E-state index contributed by atoms with van der Waals surface area (Å²) < 4.78 is 15.2. The Labute approximate surface area is 127 Å². The van der Waals surface area contributed by atoms with Crippen LogP contribution >= 0.6 is 0 Å². The van der Waals surface area contributed by atoms with E-state index in [0.717, 1.165) is 5.56 Å². The topological polar surface area (TPSA) is 86.4 Å². The predicted molar refractivity (Wildman–Crippen MR) is 75.7 cm³/mol. The van der Waals surface area contributed by atoms with Gasteiger partial charge in [0.25, 0.3) is 0 Å². The molecule has 2 saturated heterocycles. The van der Waals surface area contributed by atoms with Crippen LogP contribution in [0.3, 0.4) is 0 Å². The minimum Gasteiger partial charge on any atom is -0.389 e. The highest BCUT2D eigenvalue weighted by Crippen LogP contribution is 2.35. The highest BCUT2D eigenvalue weighted by molar-refractivity contribution is 5.06. The summed E-state index contributed by atoms with van der Waals surface area (Å²) in [5.74, 6) is 0. The van der Waals surface area contributed by atoms with E-state index in [1.165, 1.54) is 0 Å². The molecule has 2 aromatic rings. The first kappa shape index (κ1) is 13.9. The molecule has 0 radical (unpaired) electrons. The third kappa shape index (κ3) is 2.34. The number of aryl methyl sites for hydroxylation is 1.